The number of hydrogen-bond acceptors (Lipinski definition) is 3. The molecular formula is C14H28F3NO3S. The second-order valence-electron chi connectivity index (χ2n) is 5.90. The van der Waals surface area contributed by atoms with Crippen LogP contribution >= 0.6 is 0 Å². The van der Waals surface area contributed by atoms with Gasteiger partial charge in [0.2, 0.25) is 0 Å². The van der Waals surface area contributed by atoms with Crippen molar-refractivity contribution in [2.75, 3.05) is 26.2 Å². The Bertz CT molecular complexity index is 381. The number of quaternary nitrogens is 1. The quantitative estimate of drug-likeness (QED) is 0.419. The van der Waals surface area contributed by atoms with Crippen molar-refractivity contribution >= 4 is 10.1 Å². The van der Waals surface area contributed by atoms with E-state index < -0.39 is 15.6 Å². The number of halogens is 3. The van der Waals surface area contributed by atoms with Gasteiger partial charge in [-0.3, -0.25) is 0 Å². The maximum atomic E-state index is 10.7. The van der Waals surface area contributed by atoms with Crippen molar-refractivity contribution in [3.05, 3.63) is 0 Å². The van der Waals surface area contributed by atoms with Crippen LogP contribution in [0.2, 0.25) is 0 Å². The van der Waals surface area contributed by atoms with Crippen molar-refractivity contribution in [3.63, 3.8) is 0 Å². The predicted octanol–water partition coefficient (Wildman–Crippen LogP) is 3.64. The Morgan fingerprint density at radius 2 is 1.32 bits per heavy atom. The second-order valence-corrected chi connectivity index (χ2v) is 7.27. The lowest BCUT2D eigenvalue weighted by molar-refractivity contribution is -0.932. The molecule has 1 heterocycles. The molecule has 0 aromatic rings. The van der Waals surface area contributed by atoms with Gasteiger partial charge in [-0.2, -0.15) is 13.2 Å². The fourth-order valence-electron chi connectivity index (χ4n) is 2.73. The van der Waals surface area contributed by atoms with Crippen LogP contribution < -0.4 is 0 Å². The normalized spacial score (nSPS) is 18.5. The van der Waals surface area contributed by atoms with Crippen molar-refractivity contribution < 1.29 is 30.6 Å². The van der Waals surface area contributed by atoms with Gasteiger partial charge in [0.05, 0.1) is 26.2 Å². The molecule has 8 heteroatoms. The number of hydrogen-bond donors (Lipinski definition) is 0. The van der Waals surface area contributed by atoms with E-state index >= 15 is 0 Å². The molecule has 0 saturated carbocycles. The van der Waals surface area contributed by atoms with Crippen molar-refractivity contribution in [1.82, 2.24) is 0 Å². The van der Waals surface area contributed by atoms with Crippen molar-refractivity contribution in [1.29, 1.82) is 0 Å². The molecule has 0 spiro atoms. The molecule has 0 aromatic heterocycles. The van der Waals surface area contributed by atoms with Gasteiger partial charge in [0.1, 0.15) is 0 Å². The van der Waals surface area contributed by atoms with Crippen molar-refractivity contribution in [2.45, 2.75) is 64.3 Å². The lowest BCUT2D eigenvalue weighted by Gasteiger charge is -2.41. The summed E-state index contributed by atoms with van der Waals surface area (Å²) >= 11 is 0. The molecule has 1 aliphatic heterocycles. The molecule has 0 atom stereocenters. The third-order valence-electron chi connectivity index (χ3n) is 4.02. The zero-order valence-electron chi connectivity index (χ0n) is 13.5. The van der Waals surface area contributed by atoms with Crippen LogP contribution in [0.5, 0.6) is 0 Å². The largest absolute Gasteiger partial charge is 0.741 e. The summed E-state index contributed by atoms with van der Waals surface area (Å²) in [5.41, 5.74) is -5.65. The summed E-state index contributed by atoms with van der Waals surface area (Å²) in [6.07, 6.45) is 10.0. The molecule has 0 unspecified atom stereocenters. The Kier molecular flexibility index (Phi) is 9.57. The highest BCUT2D eigenvalue weighted by Gasteiger charge is 2.36. The average molecular weight is 347 g/mol. The van der Waals surface area contributed by atoms with Gasteiger partial charge in [-0.25, -0.2) is 8.42 Å². The number of likely N-dealkylation sites (tertiary alicyclic amines) is 1. The fourth-order valence-corrected chi connectivity index (χ4v) is 2.73. The van der Waals surface area contributed by atoms with Crippen LogP contribution in [-0.2, 0) is 10.1 Å². The van der Waals surface area contributed by atoms with Crippen LogP contribution in [0.4, 0.5) is 13.2 Å². The molecule has 0 amide bonds. The van der Waals surface area contributed by atoms with Crippen LogP contribution in [0.1, 0.15) is 58.8 Å². The van der Waals surface area contributed by atoms with Gasteiger partial charge in [0, 0.05) is 0 Å². The zero-order valence-corrected chi connectivity index (χ0v) is 14.3. The Morgan fingerprint density at radius 3 is 1.59 bits per heavy atom. The number of rotatable bonds is 6. The molecule has 0 radical (unpaired) electrons. The molecule has 4 nitrogen and oxygen atoms in total. The summed E-state index contributed by atoms with van der Waals surface area (Å²) in [4.78, 5) is 0. The third-order valence-corrected chi connectivity index (χ3v) is 4.59. The molecule has 0 bridgehead atoms. The van der Waals surface area contributed by atoms with E-state index in [1.54, 1.807) is 0 Å². The molecule has 1 rings (SSSR count). The minimum Gasteiger partial charge on any atom is -0.741 e. The highest BCUT2D eigenvalue weighted by atomic mass is 32.2. The molecule has 1 saturated heterocycles. The maximum Gasteiger partial charge on any atom is 0.485 e. The van der Waals surface area contributed by atoms with Crippen LogP contribution in [-0.4, -0.2) is 49.1 Å². The van der Waals surface area contributed by atoms with Crippen molar-refractivity contribution in [3.8, 4) is 0 Å². The van der Waals surface area contributed by atoms with E-state index in [1.165, 1.54) is 75.6 Å². The summed E-state index contributed by atoms with van der Waals surface area (Å²) in [7, 11) is -6.09. The minimum atomic E-state index is -6.09. The van der Waals surface area contributed by atoms with Crippen LogP contribution in [0.3, 0.4) is 0 Å². The van der Waals surface area contributed by atoms with E-state index in [0.717, 1.165) is 0 Å². The zero-order chi connectivity index (χ0) is 17.3. The first-order valence-corrected chi connectivity index (χ1v) is 9.36. The average Bonchev–Trinajstić information content (AvgIpc) is 2.43. The summed E-state index contributed by atoms with van der Waals surface area (Å²) in [5, 5.41) is 0. The molecule has 0 aromatic carbocycles. The summed E-state index contributed by atoms with van der Waals surface area (Å²) in [6.45, 7) is 10.5. The smallest absolute Gasteiger partial charge is 0.485 e. The van der Waals surface area contributed by atoms with Gasteiger partial charge in [-0.15, -0.1) is 0 Å². The number of unbranched alkanes of at least 4 members (excludes halogenated alkanes) is 2. The number of alkyl halides is 3. The van der Waals surface area contributed by atoms with Gasteiger partial charge in [-0.05, 0) is 32.1 Å². The first kappa shape index (κ1) is 21.7. The van der Waals surface area contributed by atoms with Gasteiger partial charge in [0.15, 0.2) is 10.1 Å². The van der Waals surface area contributed by atoms with Crippen LogP contribution in [0.25, 0.3) is 0 Å². The fraction of sp³-hybridized carbons (Fsp3) is 1.00. The maximum absolute atomic E-state index is 10.7. The van der Waals surface area contributed by atoms with E-state index in [1.807, 2.05) is 0 Å². The van der Waals surface area contributed by atoms with Crippen LogP contribution in [0.15, 0.2) is 0 Å². The van der Waals surface area contributed by atoms with Crippen molar-refractivity contribution in [2.24, 2.45) is 0 Å². The SMILES string of the molecule is CCCC[N+]1(CCCC)CCCCC1.O=S(=O)([O-])C(F)(F)F. The lowest BCUT2D eigenvalue weighted by Crippen LogP contribution is -2.52. The Labute approximate surface area is 132 Å². The third kappa shape index (κ3) is 8.33. The molecule has 1 fully saturated rings. The molecule has 0 aliphatic carbocycles. The minimum absolute atomic E-state index is 1.37. The van der Waals surface area contributed by atoms with Gasteiger partial charge in [0.25, 0.3) is 0 Å². The first-order chi connectivity index (χ1) is 10.1. The summed E-state index contributed by atoms with van der Waals surface area (Å²) < 4.78 is 60.4. The van der Waals surface area contributed by atoms with E-state index in [4.69, 9.17) is 13.0 Å². The first-order valence-electron chi connectivity index (χ1n) is 7.95. The highest BCUT2D eigenvalue weighted by Crippen LogP contribution is 2.21. The second kappa shape index (κ2) is 9.72. The molecule has 22 heavy (non-hydrogen) atoms. The Balaban J connectivity index is 0.000000472. The van der Waals surface area contributed by atoms with E-state index in [2.05, 4.69) is 13.8 Å². The topological polar surface area (TPSA) is 57.2 Å². The van der Waals surface area contributed by atoms with E-state index in [-0.39, 0.29) is 0 Å². The van der Waals surface area contributed by atoms with Gasteiger partial charge < -0.3 is 9.04 Å². The Hall–Kier alpha value is -0.340. The molecule has 1 aliphatic rings. The molecule has 0 N–H and O–H groups in total. The van der Waals surface area contributed by atoms with E-state index in [0.29, 0.717) is 0 Å². The standard InChI is InChI=1S/C13H28N.CHF3O3S/c1-3-5-10-14(11-6-4-2)12-8-7-9-13-14;2-1(3,4)8(5,6)7/h3-13H2,1-2H3;(H,5,6,7)/q+1;/p-1. The van der Waals surface area contributed by atoms with E-state index in [9.17, 15) is 13.2 Å². The molecule has 134 valence electrons. The predicted molar refractivity (Wildman–Crippen MR) is 79.1 cm³/mol. The lowest BCUT2D eigenvalue weighted by atomic mass is 10.1. The molecular weight excluding hydrogens is 319 g/mol. The van der Waals surface area contributed by atoms with Gasteiger partial charge >= 0.3 is 5.51 Å². The highest BCUT2D eigenvalue weighted by molar-refractivity contribution is 7.86. The van der Waals surface area contributed by atoms with Gasteiger partial charge in [-0.1, -0.05) is 26.7 Å². The number of piperidine rings is 1. The van der Waals surface area contributed by atoms with Crippen LogP contribution in [0, 0.1) is 0 Å². The summed E-state index contributed by atoms with van der Waals surface area (Å²) in [6, 6.07) is 0. The Morgan fingerprint density at radius 1 is 0.955 bits per heavy atom. The summed E-state index contributed by atoms with van der Waals surface area (Å²) in [5.74, 6) is 0. The number of nitrogens with zero attached hydrogens (tertiary/aromatic N) is 1. The monoisotopic (exact) mass is 347 g/mol.